The number of para-hydroxylation sites is 1. The number of benzene rings is 2. The molecule has 0 bridgehead atoms. The van der Waals surface area contributed by atoms with Crippen LogP contribution in [0.15, 0.2) is 60.9 Å². The Morgan fingerprint density at radius 2 is 1.93 bits per heavy atom. The summed E-state index contributed by atoms with van der Waals surface area (Å²) in [6.07, 6.45) is 4.77. The van der Waals surface area contributed by atoms with Gasteiger partial charge in [0, 0.05) is 29.9 Å². The number of aliphatic hydroxyl groups excluding tert-OH is 1. The van der Waals surface area contributed by atoms with Crippen LogP contribution in [-0.4, -0.2) is 32.7 Å². The molecule has 0 saturated heterocycles. The zero-order valence-electron chi connectivity index (χ0n) is 16.5. The second kappa shape index (κ2) is 7.35. The topological polar surface area (TPSA) is 94.9 Å². The number of anilines is 1. The second-order valence-electron chi connectivity index (χ2n) is 7.38. The first-order valence-corrected chi connectivity index (χ1v) is 9.87. The molecule has 1 unspecified atom stereocenters. The quantitative estimate of drug-likeness (QED) is 0.524. The number of rotatable bonds is 5. The lowest BCUT2D eigenvalue weighted by molar-refractivity contribution is 0.0619. The number of imidazole rings is 1. The van der Waals surface area contributed by atoms with Gasteiger partial charge in [-0.1, -0.05) is 18.2 Å². The van der Waals surface area contributed by atoms with Gasteiger partial charge in [0.1, 0.15) is 40.1 Å². The van der Waals surface area contributed by atoms with E-state index in [1.807, 2.05) is 59.1 Å². The van der Waals surface area contributed by atoms with Crippen LogP contribution in [0.25, 0.3) is 16.8 Å². The van der Waals surface area contributed by atoms with Crippen LogP contribution in [0.2, 0.25) is 0 Å². The second-order valence-corrected chi connectivity index (χ2v) is 7.38. The summed E-state index contributed by atoms with van der Waals surface area (Å²) in [5.41, 5.74) is 8.40. The molecule has 5 rings (SSSR count). The zero-order chi connectivity index (χ0) is 20.7. The Morgan fingerprint density at radius 1 is 1.10 bits per heavy atom. The molecule has 1 aliphatic rings. The summed E-state index contributed by atoms with van der Waals surface area (Å²) in [7, 11) is 1.61. The molecule has 2 heterocycles. The zero-order valence-corrected chi connectivity index (χ0v) is 16.5. The van der Waals surface area contributed by atoms with E-state index in [4.69, 9.17) is 20.2 Å². The van der Waals surface area contributed by atoms with Crippen molar-refractivity contribution in [1.82, 2.24) is 14.4 Å². The third kappa shape index (κ3) is 3.04. The molecule has 30 heavy (non-hydrogen) atoms. The molecule has 7 heteroatoms. The predicted octanol–water partition coefficient (Wildman–Crippen LogP) is 4.02. The molecule has 0 spiro atoms. The number of aliphatic hydroxyl groups is 1. The molecule has 4 aromatic rings. The van der Waals surface area contributed by atoms with Crippen molar-refractivity contribution in [2.45, 2.75) is 24.9 Å². The minimum absolute atomic E-state index is 0.0141. The molecule has 152 valence electrons. The number of nitrogens with zero attached hydrogens (tertiary/aromatic N) is 3. The van der Waals surface area contributed by atoms with Crippen molar-refractivity contribution in [3.63, 3.8) is 0 Å². The highest BCUT2D eigenvalue weighted by Gasteiger charge is 2.35. The Balaban J connectivity index is 1.61. The summed E-state index contributed by atoms with van der Waals surface area (Å²) in [6.45, 7) is 0. The van der Waals surface area contributed by atoms with E-state index < -0.39 is 0 Å². The molecule has 1 fully saturated rings. The van der Waals surface area contributed by atoms with Crippen molar-refractivity contribution in [3.05, 3.63) is 66.7 Å². The van der Waals surface area contributed by atoms with Crippen molar-refractivity contribution in [2.24, 2.45) is 0 Å². The van der Waals surface area contributed by atoms with Crippen LogP contribution in [-0.2, 0) is 0 Å². The number of fused-ring (bicyclic) bond motifs is 1. The van der Waals surface area contributed by atoms with Crippen LogP contribution >= 0.6 is 0 Å². The first-order valence-electron chi connectivity index (χ1n) is 9.87. The fourth-order valence-electron chi connectivity index (χ4n) is 3.88. The third-order valence-electron chi connectivity index (χ3n) is 5.59. The van der Waals surface area contributed by atoms with E-state index in [-0.39, 0.29) is 12.0 Å². The largest absolute Gasteiger partial charge is 0.496 e. The predicted molar refractivity (Wildman–Crippen MR) is 114 cm³/mol. The maximum atomic E-state index is 10.2. The lowest BCUT2D eigenvalue weighted by atomic mass is 9.81. The van der Waals surface area contributed by atoms with Gasteiger partial charge in [-0.05, 0) is 37.1 Å². The van der Waals surface area contributed by atoms with Gasteiger partial charge in [-0.3, -0.25) is 4.40 Å². The van der Waals surface area contributed by atoms with Gasteiger partial charge in [-0.15, -0.1) is 0 Å². The average molecular weight is 402 g/mol. The molecule has 1 aliphatic carbocycles. The Labute approximate surface area is 173 Å². The molecule has 3 N–H and O–H groups in total. The molecular weight excluding hydrogens is 380 g/mol. The van der Waals surface area contributed by atoms with Crippen molar-refractivity contribution in [3.8, 4) is 28.5 Å². The van der Waals surface area contributed by atoms with Gasteiger partial charge in [-0.25, -0.2) is 9.97 Å². The van der Waals surface area contributed by atoms with Crippen LogP contribution in [0.5, 0.6) is 17.2 Å². The molecule has 2 aromatic heterocycles. The van der Waals surface area contributed by atoms with Gasteiger partial charge >= 0.3 is 0 Å². The number of hydrogen-bond donors (Lipinski definition) is 2. The van der Waals surface area contributed by atoms with Gasteiger partial charge in [0.15, 0.2) is 0 Å². The van der Waals surface area contributed by atoms with Gasteiger partial charge < -0.3 is 20.3 Å². The first kappa shape index (κ1) is 18.4. The fraction of sp³-hybridized carbons (Fsp3) is 0.217. The minimum atomic E-state index is -0.388. The Bertz CT molecular complexity index is 1210. The molecule has 0 radical (unpaired) electrons. The van der Waals surface area contributed by atoms with E-state index >= 15 is 0 Å². The molecule has 7 nitrogen and oxygen atoms in total. The standard InChI is InChI=1S/C23H22N4O3/c1-29-19-13-15(30-14-5-3-2-4-6-14)7-8-17(19)20-21-22(24)25-11-12-27(21)23(26-20)16-9-10-18(16)28/h2-8,11-13,16,18,28H,9-10H2,1H3,(H2,24,25)/t16?,18-/m0/s1. The normalized spacial score (nSPS) is 18.2. The Morgan fingerprint density at radius 3 is 2.63 bits per heavy atom. The van der Waals surface area contributed by atoms with E-state index in [0.717, 1.165) is 30.0 Å². The van der Waals surface area contributed by atoms with Gasteiger partial charge in [0.25, 0.3) is 0 Å². The van der Waals surface area contributed by atoms with Crippen LogP contribution in [0.3, 0.4) is 0 Å². The van der Waals surface area contributed by atoms with Crippen LogP contribution < -0.4 is 15.2 Å². The minimum Gasteiger partial charge on any atom is -0.496 e. The average Bonchev–Trinajstić information content (AvgIpc) is 3.13. The molecule has 2 aromatic carbocycles. The maximum Gasteiger partial charge on any atom is 0.150 e. The van der Waals surface area contributed by atoms with Gasteiger partial charge in [0.05, 0.1) is 13.2 Å². The summed E-state index contributed by atoms with van der Waals surface area (Å²) in [6, 6.07) is 15.2. The molecule has 2 atom stereocenters. The fourth-order valence-corrected chi connectivity index (χ4v) is 3.88. The van der Waals surface area contributed by atoms with Crippen LogP contribution in [0, 0.1) is 0 Å². The number of ether oxygens (including phenoxy) is 2. The third-order valence-corrected chi connectivity index (χ3v) is 5.59. The Kier molecular flexibility index (Phi) is 4.52. The molecular formula is C23H22N4O3. The number of aromatic nitrogens is 3. The molecule has 0 amide bonds. The monoisotopic (exact) mass is 402 g/mol. The summed E-state index contributed by atoms with van der Waals surface area (Å²) >= 11 is 0. The smallest absolute Gasteiger partial charge is 0.150 e. The van der Waals surface area contributed by atoms with Crippen LogP contribution in [0.4, 0.5) is 5.82 Å². The van der Waals surface area contributed by atoms with Gasteiger partial charge in [-0.2, -0.15) is 0 Å². The lowest BCUT2D eigenvalue weighted by Gasteiger charge is -2.31. The van der Waals surface area contributed by atoms with Crippen molar-refractivity contribution < 1.29 is 14.6 Å². The maximum absolute atomic E-state index is 10.2. The SMILES string of the molecule is COc1cc(Oc2ccccc2)ccc1-c1nc(C2CC[C@@H]2O)n2ccnc(N)c12. The van der Waals surface area contributed by atoms with E-state index in [1.54, 1.807) is 13.3 Å². The summed E-state index contributed by atoms with van der Waals surface area (Å²) in [5.74, 6) is 3.18. The van der Waals surface area contributed by atoms with Crippen LogP contribution in [0.1, 0.15) is 24.6 Å². The summed E-state index contributed by atoms with van der Waals surface area (Å²) in [5, 5.41) is 10.2. The highest BCUT2D eigenvalue weighted by molar-refractivity contribution is 5.88. The van der Waals surface area contributed by atoms with Crippen molar-refractivity contribution >= 4 is 11.3 Å². The number of methoxy groups -OCH3 is 1. The molecule has 1 saturated carbocycles. The number of hydrogen-bond acceptors (Lipinski definition) is 6. The van der Waals surface area contributed by atoms with E-state index in [2.05, 4.69) is 4.98 Å². The number of nitrogens with two attached hydrogens (primary N) is 1. The van der Waals surface area contributed by atoms with E-state index in [1.165, 1.54) is 0 Å². The highest BCUT2D eigenvalue weighted by atomic mass is 16.5. The van der Waals surface area contributed by atoms with Gasteiger partial charge in [0.2, 0.25) is 0 Å². The summed E-state index contributed by atoms with van der Waals surface area (Å²) < 4.78 is 13.5. The lowest BCUT2D eigenvalue weighted by Crippen LogP contribution is -2.30. The molecule has 0 aliphatic heterocycles. The van der Waals surface area contributed by atoms with E-state index in [9.17, 15) is 5.11 Å². The van der Waals surface area contributed by atoms with E-state index in [0.29, 0.717) is 28.5 Å². The van der Waals surface area contributed by atoms with Crippen molar-refractivity contribution in [2.75, 3.05) is 12.8 Å². The van der Waals surface area contributed by atoms with Crippen molar-refractivity contribution in [1.29, 1.82) is 0 Å². The summed E-state index contributed by atoms with van der Waals surface area (Å²) in [4.78, 5) is 9.12. The Hall–Kier alpha value is -3.58. The number of nitrogen functional groups attached to an aromatic ring is 1. The highest BCUT2D eigenvalue weighted by Crippen LogP contribution is 2.42. The first-order chi connectivity index (χ1) is 14.7.